The maximum atomic E-state index is 5.10. The van der Waals surface area contributed by atoms with Gasteiger partial charge >= 0.3 is 0 Å². The average molecular weight is 229 g/mol. The first-order valence-electron chi connectivity index (χ1n) is 4.45. The molecule has 1 aromatic rings. The summed E-state index contributed by atoms with van der Waals surface area (Å²) in [4.78, 5) is 0.692. The minimum atomic E-state index is 0.692. The minimum Gasteiger partial charge on any atom is -0.472 e. The van der Waals surface area contributed by atoms with Crippen LogP contribution >= 0.6 is 15.9 Å². The number of rotatable bonds is 1. The van der Waals surface area contributed by atoms with E-state index >= 15 is 0 Å². The van der Waals surface area contributed by atoms with Crippen LogP contribution in [-0.4, -0.2) is 4.83 Å². The van der Waals surface area contributed by atoms with Gasteiger partial charge in [0.15, 0.2) is 0 Å². The summed E-state index contributed by atoms with van der Waals surface area (Å²) in [5.41, 5.74) is 1.37. The zero-order valence-electron chi connectivity index (χ0n) is 7.16. The highest BCUT2D eigenvalue weighted by Crippen LogP contribution is 2.42. The summed E-state index contributed by atoms with van der Waals surface area (Å²) in [6, 6.07) is 2.09. The summed E-state index contributed by atoms with van der Waals surface area (Å²) in [5, 5.41) is 0. The predicted molar refractivity (Wildman–Crippen MR) is 52.6 cm³/mol. The van der Waals surface area contributed by atoms with Crippen LogP contribution in [0.2, 0.25) is 0 Å². The van der Waals surface area contributed by atoms with Crippen molar-refractivity contribution in [1.29, 1.82) is 0 Å². The van der Waals surface area contributed by atoms with E-state index in [4.69, 9.17) is 4.42 Å². The highest BCUT2D eigenvalue weighted by atomic mass is 79.9. The summed E-state index contributed by atoms with van der Waals surface area (Å²) in [6.45, 7) is 2.31. The van der Waals surface area contributed by atoms with Gasteiger partial charge in [0.05, 0.1) is 12.5 Å². The van der Waals surface area contributed by atoms with E-state index in [-0.39, 0.29) is 0 Å². The minimum absolute atomic E-state index is 0.692. The van der Waals surface area contributed by atoms with Crippen LogP contribution in [-0.2, 0) is 0 Å². The molecule has 0 bridgehead atoms. The van der Waals surface area contributed by atoms with Crippen molar-refractivity contribution in [3.8, 4) is 0 Å². The number of hydrogen-bond acceptors (Lipinski definition) is 1. The third-order valence-corrected chi connectivity index (χ3v) is 4.22. The third kappa shape index (κ3) is 1.33. The Morgan fingerprint density at radius 3 is 2.83 bits per heavy atom. The zero-order valence-corrected chi connectivity index (χ0v) is 8.75. The van der Waals surface area contributed by atoms with Crippen molar-refractivity contribution in [3.63, 3.8) is 0 Å². The number of halogens is 1. The first kappa shape index (κ1) is 8.36. The predicted octanol–water partition coefficient (Wildman–Crippen LogP) is 3.56. The van der Waals surface area contributed by atoms with E-state index in [9.17, 15) is 0 Å². The van der Waals surface area contributed by atoms with Crippen LogP contribution in [0.1, 0.15) is 31.2 Å². The second-order valence-electron chi connectivity index (χ2n) is 3.62. The molecule has 0 N–H and O–H groups in total. The Morgan fingerprint density at radius 1 is 1.50 bits per heavy atom. The van der Waals surface area contributed by atoms with Crippen molar-refractivity contribution in [2.75, 3.05) is 0 Å². The molecule has 0 aliphatic heterocycles. The summed E-state index contributed by atoms with van der Waals surface area (Å²) in [5.74, 6) is 1.44. The maximum absolute atomic E-state index is 5.10. The molecular formula is C10H13BrO. The van der Waals surface area contributed by atoms with Crippen LogP contribution in [0.15, 0.2) is 23.0 Å². The number of furan rings is 1. The molecule has 1 saturated carbocycles. The van der Waals surface area contributed by atoms with Crippen molar-refractivity contribution in [3.05, 3.63) is 24.2 Å². The molecule has 0 saturated heterocycles. The topological polar surface area (TPSA) is 13.1 Å². The molecule has 3 atom stereocenters. The molecule has 0 amide bonds. The van der Waals surface area contributed by atoms with Gasteiger partial charge in [0.2, 0.25) is 0 Å². The molecule has 12 heavy (non-hydrogen) atoms. The molecule has 1 aliphatic carbocycles. The van der Waals surface area contributed by atoms with Gasteiger partial charge in [-0.05, 0) is 36.3 Å². The fraction of sp³-hybridized carbons (Fsp3) is 0.600. The molecule has 1 heterocycles. The van der Waals surface area contributed by atoms with Crippen molar-refractivity contribution >= 4 is 15.9 Å². The quantitative estimate of drug-likeness (QED) is 0.671. The fourth-order valence-electron chi connectivity index (χ4n) is 2.07. The van der Waals surface area contributed by atoms with Gasteiger partial charge in [-0.25, -0.2) is 0 Å². The molecule has 1 nitrogen and oxygen atoms in total. The monoisotopic (exact) mass is 228 g/mol. The average Bonchev–Trinajstić information content (AvgIpc) is 2.64. The van der Waals surface area contributed by atoms with Gasteiger partial charge in [-0.3, -0.25) is 0 Å². The summed E-state index contributed by atoms with van der Waals surface area (Å²) >= 11 is 3.70. The highest BCUT2D eigenvalue weighted by molar-refractivity contribution is 9.09. The molecule has 1 aliphatic rings. The molecule has 1 fully saturated rings. The van der Waals surface area contributed by atoms with Crippen molar-refractivity contribution in [1.82, 2.24) is 0 Å². The molecule has 1 aromatic heterocycles. The van der Waals surface area contributed by atoms with E-state index in [0.29, 0.717) is 10.7 Å². The Hall–Kier alpha value is -0.240. The van der Waals surface area contributed by atoms with Crippen LogP contribution in [0.5, 0.6) is 0 Å². The molecule has 66 valence electrons. The normalized spacial score (nSPS) is 35.7. The lowest BCUT2D eigenvalue weighted by Crippen LogP contribution is -2.08. The second kappa shape index (κ2) is 3.25. The fourth-order valence-corrected chi connectivity index (χ4v) is 2.71. The maximum Gasteiger partial charge on any atom is 0.0937 e. The van der Waals surface area contributed by atoms with Crippen molar-refractivity contribution < 1.29 is 4.42 Å². The number of alkyl halides is 1. The molecular weight excluding hydrogens is 216 g/mol. The lowest BCUT2D eigenvalue weighted by Gasteiger charge is -2.14. The van der Waals surface area contributed by atoms with E-state index in [0.717, 1.165) is 5.92 Å². The van der Waals surface area contributed by atoms with Crippen molar-refractivity contribution in [2.45, 2.75) is 30.5 Å². The zero-order chi connectivity index (χ0) is 8.55. The van der Waals surface area contributed by atoms with Gasteiger partial charge < -0.3 is 4.42 Å². The van der Waals surface area contributed by atoms with Crippen LogP contribution in [0, 0.1) is 5.92 Å². The summed E-state index contributed by atoms with van der Waals surface area (Å²) in [6.07, 6.45) is 6.23. The SMILES string of the molecule is CC1C(Br)CCC1c1ccoc1. The highest BCUT2D eigenvalue weighted by Gasteiger charge is 2.32. The van der Waals surface area contributed by atoms with E-state index in [1.165, 1.54) is 18.4 Å². The standard InChI is InChI=1S/C10H13BrO/c1-7-9(2-3-10(7)11)8-4-5-12-6-8/h4-7,9-10H,2-3H2,1H3. The van der Waals surface area contributed by atoms with Crippen LogP contribution in [0.3, 0.4) is 0 Å². The van der Waals surface area contributed by atoms with Crippen LogP contribution in [0.25, 0.3) is 0 Å². The van der Waals surface area contributed by atoms with Gasteiger partial charge in [0.1, 0.15) is 0 Å². The van der Waals surface area contributed by atoms with E-state index in [2.05, 4.69) is 28.9 Å². The van der Waals surface area contributed by atoms with Crippen molar-refractivity contribution in [2.24, 2.45) is 5.92 Å². The smallest absolute Gasteiger partial charge is 0.0937 e. The van der Waals surface area contributed by atoms with Crippen LogP contribution < -0.4 is 0 Å². The van der Waals surface area contributed by atoms with E-state index in [1.807, 2.05) is 6.26 Å². The Morgan fingerprint density at radius 2 is 2.33 bits per heavy atom. The van der Waals surface area contributed by atoms with Gasteiger partial charge in [0.25, 0.3) is 0 Å². The Bertz CT molecular complexity index is 242. The van der Waals surface area contributed by atoms with Gasteiger partial charge in [-0.2, -0.15) is 0 Å². The Kier molecular flexibility index (Phi) is 2.26. The molecule has 0 radical (unpaired) electrons. The molecule has 2 heteroatoms. The first-order chi connectivity index (χ1) is 5.79. The van der Waals surface area contributed by atoms with E-state index < -0.39 is 0 Å². The van der Waals surface area contributed by atoms with Gasteiger partial charge in [-0.1, -0.05) is 22.9 Å². The second-order valence-corrected chi connectivity index (χ2v) is 4.79. The lowest BCUT2D eigenvalue weighted by atomic mass is 9.92. The third-order valence-electron chi connectivity index (χ3n) is 2.93. The summed E-state index contributed by atoms with van der Waals surface area (Å²) in [7, 11) is 0. The molecule has 0 aromatic carbocycles. The molecule has 0 spiro atoms. The van der Waals surface area contributed by atoms with Gasteiger partial charge in [-0.15, -0.1) is 0 Å². The lowest BCUT2D eigenvalue weighted by molar-refractivity contribution is 0.523. The van der Waals surface area contributed by atoms with E-state index in [1.54, 1.807) is 6.26 Å². The van der Waals surface area contributed by atoms with Gasteiger partial charge in [0, 0.05) is 4.83 Å². The molecule has 2 rings (SSSR count). The number of hydrogen-bond donors (Lipinski definition) is 0. The Balaban J connectivity index is 2.16. The first-order valence-corrected chi connectivity index (χ1v) is 5.37. The molecule has 3 unspecified atom stereocenters. The Labute approximate surface area is 81.3 Å². The van der Waals surface area contributed by atoms with Crippen LogP contribution in [0.4, 0.5) is 0 Å². The largest absolute Gasteiger partial charge is 0.472 e. The summed E-state index contributed by atoms with van der Waals surface area (Å²) < 4.78 is 5.10.